The fraction of sp³-hybridized carbons (Fsp3) is 0.531. The molecule has 2 aromatic carbocycles. The normalized spacial score (nSPS) is 15.2. The fourth-order valence-corrected chi connectivity index (χ4v) is 17.4. The van der Waals surface area contributed by atoms with E-state index in [2.05, 4.69) is 90.5 Å². The first-order valence-corrected chi connectivity index (χ1v) is 48.0. The van der Waals surface area contributed by atoms with E-state index in [-0.39, 0.29) is 125 Å². The van der Waals surface area contributed by atoms with Crippen LogP contribution in [0, 0.1) is 54.3 Å². The van der Waals surface area contributed by atoms with Crippen molar-refractivity contribution in [3.8, 4) is 79.1 Å². The Morgan fingerprint density at radius 1 is 0.551 bits per heavy atom. The molecule has 15 N–H and O–H groups in total. The number of fused-ring (bicyclic) bond motifs is 2. The maximum Gasteiger partial charge on any atom is 0.303 e. The summed E-state index contributed by atoms with van der Waals surface area (Å²) in [6.07, 6.45) is 10.8. The van der Waals surface area contributed by atoms with E-state index in [0.29, 0.717) is 114 Å². The van der Waals surface area contributed by atoms with Gasteiger partial charge in [0, 0.05) is 96.7 Å². The van der Waals surface area contributed by atoms with Crippen LogP contribution in [0.25, 0.3) is 66.0 Å². The molecule has 40 heteroatoms. The highest BCUT2D eigenvalue weighted by atomic mass is 32.1. The van der Waals surface area contributed by atoms with Gasteiger partial charge in [0.05, 0.1) is 70.0 Å². The van der Waals surface area contributed by atoms with Crippen molar-refractivity contribution in [1.82, 2.24) is 90.7 Å². The van der Waals surface area contributed by atoms with E-state index < -0.39 is 76.1 Å². The SMILES string of the molecule is C.CCn1c(-c2nonc2N)nc2c(C#CC(C)(C)O)ncc(OCCCCCCCC(=O)NCCC(=O)N[C@H](C(=O)N3C[C@H](O)C[C@H]3C(=O)NCc3ccc(-c4scnc4C)cc3)C(C)(C)C)c21.CCn1c(-c2nonc2N)nc2c(C#CC(C)(C)O)ncc(OCCCCCCCC(=O)O)c21.Cc1ncsc1-c1ccc(CNC(=O)[C@@H]2C[C@@H](O)CN2C(=O)[C@@H](CC(=O)CCN)C(C)(C)C)cc1. The smallest absolute Gasteiger partial charge is 0.303 e. The van der Waals surface area contributed by atoms with Gasteiger partial charge in [0.1, 0.15) is 68.6 Å². The maximum atomic E-state index is 14.0. The second-order valence-corrected chi connectivity index (χ2v) is 39.0. The average molecular weight is 1940 g/mol. The monoisotopic (exact) mass is 1940 g/mol. The molecular formula is C98H133N21O17S2. The topological polar surface area (TPSA) is 554 Å². The van der Waals surface area contributed by atoms with Gasteiger partial charge in [0.2, 0.25) is 35.4 Å². The molecule has 6 amide bonds. The number of thiazole rings is 2. The van der Waals surface area contributed by atoms with Crippen LogP contribution in [0.3, 0.4) is 0 Å². The number of likely N-dealkylation sites (tertiary alicyclic amines) is 2. The molecule has 2 aliphatic heterocycles. The number of rotatable bonds is 40. The second-order valence-electron chi connectivity index (χ2n) is 37.3. The molecule has 2 fully saturated rings. The number of carboxylic acids is 1. The predicted octanol–water partition coefficient (Wildman–Crippen LogP) is 11.0. The van der Waals surface area contributed by atoms with Crippen molar-refractivity contribution in [3.05, 3.63) is 106 Å². The summed E-state index contributed by atoms with van der Waals surface area (Å²) in [4.78, 5) is 135. The highest BCUT2D eigenvalue weighted by Gasteiger charge is 2.47. The highest BCUT2D eigenvalue weighted by molar-refractivity contribution is 7.13. The molecular weight excluding hydrogens is 1810 g/mol. The lowest BCUT2D eigenvalue weighted by Gasteiger charge is -2.35. The van der Waals surface area contributed by atoms with Crippen LogP contribution in [0.1, 0.15) is 234 Å². The Hall–Kier alpha value is -12.7. The van der Waals surface area contributed by atoms with Crippen molar-refractivity contribution in [2.24, 2.45) is 22.5 Å². The number of anilines is 2. The number of hydrogen-bond acceptors (Lipinski definition) is 31. The van der Waals surface area contributed by atoms with Gasteiger partial charge in [-0.3, -0.25) is 38.4 Å². The van der Waals surface area contributed by atoms with Crippen LogP contribution in [0.2, 0.25) is 0 Å². The van der Waals surface area contributed by atoms with Crippen molar-refractivity contribution in [1.29, 1.82) is 0 Å². The Kier molecular flexibility index (Phi) is 39.5. The second kappa shape index (κ2) is 50.1. The van der Waals surface area contributed by atoms with Crippen molar-refractivity contribution >= 4 is 104 Å². The van der Waals surface area contributed by atoms with E-state index in [4.69, 9.17) is 46.0 Å². The molecule has 2 aliphatic rings. The first-order valence-electron chi connectivity index (χ1n) is 46.3. The third-order valence-corrected chi connectivity index (χ3v) is 25.0. The highest BCUT2D eigenvalue weighted by Crippen LogP contribution is 2.39. The Labute approximate surface area is 811 Å². The number of nitrogen functional groups attached to an aromatic ring is 2. The Morgan fingerprint density at radius 3 is 1.36 bits per heavy atom. The van der Waals surface area contributed by atoms with Gasteiger partial charge >= 0.3 is 5.97 Å². The molecule has 6 atom stereocenters. The number of carbonyl (C=O) groups excluding carboxylic acids is 7. The summed E-state index contributed by atoms with van der Waals surface area (Å²) in [5.74, 6) is 10.1. The number of ether oxygens (including phenoxy) is 2. The summed E-state index contributed by atoms with van der Waals surface area (Å²) < 4.78 is 25.6. The number of pyridine rings is 2. The third kappa shape index (κ3) is 30.4. The van der Waals surface area contributed by atoms with E-state index in [1.54, 1.807) is 68.3 Å². The van der Waals surface area contributed by atoms with Gasteiger partial charge in [-0.15, -0.1) is 22.7 Å². The summed E-state index contributed by atoms with van der Waals surface area (Å²) in [6, 6.07) is 13.1. The molecule has 2 saturated heterocycles. The number of aryl methyl sites for hydroxylation is 4. The molecule has 744 valence electrons. The van der Waals surface area contributed by atoms with E-state index in [1.165, 1.54) is 9.80 Å². The fourth-order valence-electron chi connectivity index (χ4n) is 15.8. The summed E-state index contributed by atoms with van der Waals surface area (Å²) >= 11 is 3.15. The molecule has 38 nitrogen and oxygen atoms in total. The quantitative estimate of drug-likeness (QED) is 0.0125. The molecule has 10 aromatic rings. The molecule has 12 rings (SSSR count). The number of nitrogens with two attached hydrogens (primary N) is 3. The first kappa shape index (κ1) is 109. The molecule has 0 spiro atoms. The Bertz CT molecular complexity index is 5930. The summed E-state index contributed by atoms with van der Waals surface area (Å²) in [5.41, 5.74) is 27.0. The van der Waals surface area contributed by atoms with Gasteiger partial charge in [-0.1, -0.05) is 148 Å². The van der Waals surface area contributed by atoms with Crippen LogP contribution in [-0.2, 0) is 64.5 Å². The van der Waals surface area contributed by atoms with E-state index in [0.717, 1.165) is 94.8 Å². The number of amides is 6. The Balaban J connectivity index is 0.000000255. The lowest BCUT2D eigenvalue weighted by molar-refractivity contribution is -0.146. The lowest BCUT2D eigenvalue weighted by atomic mass is 9.76. The largest absolute Gasteiger partial charge is 0.490 e. The molecule has 8 aromatic heterocycles. The number of carbonyl (C=O) groups is 8. The zero-order valence-corrected chi connectivity index (χ0v) is 82.1. The minimum absolute atomic E-state index is 0. The number of β-amino-alcohol motifs (C(OH)–C–C–N with tert-alkyl or cyclic N) is 2. The number of aliphatic hydroxyl groups excluding tert-OH is 2. The average Bonchev–Trinajstić information content (AvgIpc) is 1.60. The molecule has 0 bridgehead atoms. The van der Waals surface area contributed by atoms with Crippen molar-refractivity contribution in [2.45, 2.75) is 281 Å². The molecule has 138 heavy (non-hydrogen) atoms. The number of nitrogens with zero attached hydrogens (tertiary/aromatic N) is 14. The number of imidazole rings is 2. The number of nitrogens with one attached hydrogen (secondary N) is 4. The van der Waals surface area contributed by atoms with Gasteiger partial charge in [0.15, 0.2) is 46.2 Å². The summed E-state index contributed by atoms with van der Waals surface area (Å²) in [7, 11) is 0. The Morgan fingerprint density at radius 2 is 0.978 bits per heavy atom. The molecule has 10 heterocycles. The number of aliphatic hydroxyl groups is 4. The van der Waals surface area contributed by atoms with Gasteiger partial charge < -0.3 is 92.4 Å². The number of aromatic nitrogens is 12. The minimum atomic E-state index is -1.24. The number of benzene rings is 2. The molecule has 0 aliphatic carbocycles. The number of Topliss-reactive ketones (excluding diaryl/α,β-unsaturated/α-hetero) is 1. The van der Waals surface area contributed by atoms with Gasteiger partial charge in [-0.05, 0) is 153 Å². The first-order chi connectivity index (χ1) is 65.1. The van der Waals surface area contributed by atoms with Crippen LogP contribution in [-0.4, -0.2) is 223 Å². The third-order valence-electron chi connectivity index (χ3n) is 23.0. The molecule has 0 saturated carbocycles. The van der Waals surface area contributed by atoms with Gasteiger partial charge in [-0.25, -0.2) is 39.2 Å². The van der Waals surface area contributed by atoms with Crippen LogP contribution < -0.4 is 47.9 Å². The van der Waals surface area contributed by atoms with Gasteiger partial charge in [0.25, 0.3) is 0 Å². The van der Waals surface area contributed by atoms with E-state index in [9.17, 15) is 58.8 Å². The maximum absolute atomic E-state index is 14.0. The molecule has 0 radical (unpaired) electrons. The number of aliphatic carboxylic acids is 1. The predicted molar refractivity (Wildman–Crippen MR) is 525 cm³/mol. The van der Waals surface area contributed by atoms with Crippen molar-refractivity contribution in [2.75, 3.05) is 50.9 Å². The van der Waals surface area contributed by atoms with Crippen molar-refractivity contribution < 1.29 is 82.6 Å². The van der Waals surface area contributed by atoms with Crippen LogP contribution in [0.15, 0.2) is 81.2 Å². The number of carboxylic acid groups (broad SMARTS) is 1. The zero-order valence-electron chi connectivity index (χ0n) is 80.4. The van der Waals surface area contributed by atoms with E-state index in [1.807, 2.05) is 132 Å². The van der Waals surface area contributed by atoms with Crippen molar-refractivity contribution in [3.63, 3.8) is 0 Å². The number of unbranched alkanes of at least 4 members (excludes halogenated alkanes) is 8. The zero-order chi connectivity index (χ0) is 99.6. The summed E-state index contributed by atoms with van der Waals surface area (Å²) in [5, 5.41) is 76.4. The summed E-state index contributed by atoms with van der Waals surface area (Å²) in [6.45, 7) is 28.2. The minimum Gasteiger partial charge on any atom is -0.490 e. The van der Waals surface area contributed by atoms with Crippen LogP contribution in [0.5, 0.6) is 11.5 Å². The standard InChI is InChI=1S/C48H63N11O8S.C26H36N4O4S.C23H30N6O5.CH4/c1-8-58-40-35(26-51-33(19-21-48(6,7)65)38(40)55-44(58)39-43(49)57-67-56-39)66-23-13-11-9-10-12-14-36(61)50-22-20-37(62)54-42(47(3,4)5)46(64)59-27-32(60)24-34(59)45(63)52-25-30-15-17-31(18-16-30)41-29(2)53-28-68-41;1-16-23(35-15-29-16)18-7-5-17(6-8-18)13-28-24(33)22-12-20(32)14-30(22)25(34)21(26(2,3)4)11-19(31)9-10-27;1-4-29-20-16(33-13-9-7-5-6-8-10-17(30)31)14-25-15(11-12-23(2,3)32)18(20)26-22(29)19-21(24)28-34-27-19;/h15-18,26,28,32,34,42,60,65H,8-14,20,22-25,27H2,1-7H3,(H2,49,57)(H,50,61)(H,52,63)(H,54,62);5-8,15,20-22,32H,9-14,27H2,1-4H3,(H,28,33);14,32H,4-10,13H2,1-3H3,(H2,24,28)(H,30,31);1H4/t32-,34+,42-;20-,21-,22+;;/m11../s1. The lowest BCUT2D eigenvalue weighted by Crippen LogP contribution is -2.57. The molecule has 0 unspecified atom stereocenters. The number of ketones is 1. The van der Waals surface area contributed by atoms with Crippen LogP contribution in [0.4, 0.5) is 11.6 Å². The van der Waals surface area contributed by atoms with Gasteiger partial charge in [-0.2, -0.15) is 0 Å². The van der Waals surface area contributed by atoms with Crippen LogP contribution >= 0.6 is 22.7 Å². The van der Waals surface area contributed by atoms with E-state index >= 15 is 0 Å². The number of hydrogen-bond donors (Lipinski definition) is 12.